The number of hydrogen-bond acceptors (Lipinski definition) is 3. The van der Waals surface area contributed by atoms with Gasteiger partial charge in [0, 0.05) is 25.8 Å². The summed E-state index contributed by atoms with van der Waals surface area (Å²) in [5, 5.41) is 8.73. The van der Waals surface area contributed by atoms with Crippen LogP contribution in [-0.4, -0.2) is 25.2 Å². The number of ether oxygens (including phenoxy) is 1. The van der Waals surface area contributed by atoms with Crippen molar-refractivity contribution in [1.29, 1.82) is 0 Å². The predicted octanol–water partition coefficient (Wildman–Crippen LogP) is 3.52. The van der Waals surface area contributed by atoms with Gasteiger partial charge in [-0.1, -0.05) is 6.07 Å². The molecule has 0 amide bonds. The number of anilines is 1. The third-order valence-electron chi connectivity index (χ3n) is 2.80. The lowest BCUT2D eigenvalue weighted by Gasteiger charge is -2.14. The summed E-state index contributed by atoms with van der Waals surface area (Å²) in [6, 6.07) is 8.10. The summed E-state index contributed by atoms with van der Waals surface area (Å²) in [5.41, 5.74) is 0.329. The smallest absolute Gasteiger partial charge is 0.335 e. The highest BCUT2D eigenvalue weighted by molar-refractivity contribution is 5.87. The molecule has 0 spiro atoms. The average molecular weight is 293 g/mol. The van der Waals surface area contributed by atoms with Gasteiger partial charge >= 0.3 is 5.97 Å². The fourth-order valence-corrected chi connectivity index (χ4v) is 1.72. The molecule has 2 aromatic rings. The Morgan fingerprint density at radius 2 is 1.76 bits per heavy atom. The van der Waals surface area contributed by atoms with Crippen LogP contribution in [-0.2, 0) is 0 Å². The van der Waals surface area contributed by atoms with Crippen LogP contribution in [0.5, 0.6) is 11.5 Å². The van der Waals surface area contributed by atoms with Crippen LogP contribution in [0.15, 0.2) is 36.4 Å². The van der Waals surface area contributed by atoms with Crippen molar-refractivity contribution in [3.05, 3.63) is 53.6 Å². The second kappa shape index (κ2) is 5.78. The number of carbonyl (C=O) groups is 1. The lowest BCUT2D eigenvalue weighted by atomic mass is 10.2. The first kappa shape index (κ1) is 14.8. The average Bonchev–Trinajstić information content (AvgIpc) is 2.42. The van der Waals surface area contributed by atoms with Crippen molar-refractivity contribution >= 4 is 11.7 Å². The van der Waals surface area contributed by atoms with Crippen LogP contribution < -0.4 is 9.64 Å². The zero-order chi connectivity index (χ0) is 15.6. The Morgan fingerprint density at radius 3 is 2.29 bits per heavy atom. The summed E-state index contributed by atoms with van der Waals surface area (Å²) < 4.78 is 32.8. The molecule has 6 heteroatoms. The van der Waals surface area contributed by atoms with Crippen LogP contribution in [0.2, 0.25) is 0 Å². The highest BCUT2D eigenvalue weighted by Gasteiger charge is 2.16. The Morgan fingerprint density at radius 1 is 1.14 bits per heavy atom. The van der Waals surface area contributed by atoms with Gasteiger partial charge in [-0.25, -0.2) is 13.6 Å². The quantitative estimate of drug-likeness (QED) is 0.937. The number of rotatable bonds is 4. The maximum atomic E-state index is 13.8. The summed E-state index contributed by atoms with van der Waals surface area (Å²) in [6.45, 7) is 0. The predicted molar refractivity (Wildman–Crippen MR) is 74.2 cm³/mol. The van der Waals surface area contributed by atoms with E-state index in [1.54, 1.807) is 18.2 Å². The second-order valence-electron chi connectivity index (χ2n) is 4.57. The first-order valence-corrected chi connectivity index (χ1v) is 6.06. The van der Waals surface area contributed by atoms with E-state index in [2.05, 4.69) is 0 Å². The number of hydrogen-bond donors (Lipinski definition) is 1. The molecule has 110 valence electrons. The molecule has 0 aliphatic rings. The summed E-state index contributed by atoms with van der Waals surface area (Å²) in [7, 11) is 3.64. The van der Waals surface area contributed by atoms with Crippen molar-refractivity contribution in [2.24, 2.45) is 0 Å². The zero-order valence-electron chi connectivity index (χ0n) is 11.4. The normalized spacial score (nSPS) is 10.3. The third-order valence-corrected chi connectivity index (χ3v) is 2.80. The lowest BCUT2D eigenvalue weighted by Crippen LogP contribution is -2.08. The van der Waals surface area contributed by atoms with E-state index in [1.807, 2.05) is 25.1 Å². The van der Waals surface area contributed by atoms with Gasteiger partial charge in [0.05, 0.1) is 5.56 Å². The van der Waals surface area contributed by atoms with Gasteiger partial charge in [-0.3, -0.25) is 0 Å². The molecule has 0 atom stereocenters. The Kier molecular flexibility index (Phi) is 4.07. The number of carboxylic acid groups (broad SMARTS) is 1. The van der Waals surface area contributed by atoms with Gasteiger partial charge < -0.3 is 14.7 Å². The van der Waals surface area contributed by atoms with E-state index in [4.69, 9.17) is 9.84 Å². The first-order valence-electron chi connectivity index (χ1n) is 6.06. The van der Waals surface area contributed by atoms with Crippen LogP contribution >= 0.6 is 0 Å². The van der Waals surface area contributed by atoms with Gasteiger partial charge in [-0.15, -0.1) is 0 Å². The van der Waals surface area contributed by atoms with Crippen LogP contribution in [0.25, 0.3) is 0 Å². The van der Waals surface area contributed by atoms with Crippen molar-refractivity contribution in [2.75, 3.05) is 19.0 Å². The molecular formula is C15H13F2NO3. The van der Waals surface area contributed by atoms with Crippen LogP contribution in [0.4, 0.5) is 14.5 Å². The Bertz CT molecular complexity index is 663. The molecule has 0 fully saturated rings. The molecule has 2 rings (SSSR count). The fourth-order valence-electron chi connectivity index (χ4n) is 1.72. The summed E-state index contributed by atoms with van der Waals surface area (Å²) in [5.74, 6) is -3.92. The standard InChI is InChI=1S/C15H13F2NO3/c1-18(2)10-4-3-5-11(8-10)21-14-12(16)6-9(15(19)20)7-13(14)17/h3-8H,1-2H3,(H,19,20). The molecule has 0 radical (unpaired) electrons. The molecule has 0 unspecified atom stereocenters. The number of aromatic carboxylic acids is 1. The van der Waals surface area contributed by atoms with Gasteiger partial charge in [0.15, 0.2) is 17.4 Å². The van der Waals surface area contributed by atoms with E-state index in [9.17, 15) is 13.6 Å². The lowest BCUT2D eigenvalue weighted by molar-refractivity contribution is 0.0695. The van der Waals surface area contributed by atoms with Crippen LogP contribution in [0, 0.1) is 11.6 Å². The van der Waals surface area contributed by atoms with Crippen LogP contribution in [0.1, 0.15) is 10.4 Å². The maximum absolute atomic E-state index is 13.8. The second-order valence-corrected chi connectivity index (χ2v) is 4.57. The molecule has 0 aromatic heterocycles. The fraction of sp³-hybridized carbons (Fsp3) is 0.133. The summed E-state index contributed by atoms with van der Waals surface area (Å²) in [6.07, 6.45) is 0. The molecule has 0 heterocycles. The summed E-state index contributed by atoms with van der Waals surface area (Å²) >= 11 is 0. The molecule has 0 aliphatic carbocycles. The molecule has 0 saturated carbocycles. The van der Waals surface area contributed by atoms with Gasteiger partial charge in [-0.05, 0) is 24.3 Å². The molecule has 0 aliphatic heterocycles. The number of nitrogens with zero attached hydrogens (tertiary/aromatic N) is 1. The Balaban J connectivity index is 2.36. The van der Waals surface area contributed by atoms with Gasteiger partial charge in [0.2, 0.25) is 0 Å². The third kappa shape index (κ3) is 3.28. The minimum Gasteiger partial charge on any atom is -0.478 e. The molecule has 0 saturated heterocycles. The largest absolute Gasteiger partial charge is 0.478 e. The molecule has 2 aromatic carbocycles. The van der Waals surface area contributed by atoms with E-state index in [-0.39, 0.29) is 5.75 Å². The Labute approximate surface area is 120 Å². The molecule has 0 bridgehead atoms. The molecule has 1 N–H and O–H groups in total. The monoisotopic (exact) mass is 293 g/mol. The number of halogens is 2. The van der Waals surface area contributed by atoms with Crippen molar-refractivity contribution in [1.82, 2.24) is 0 Å². The highest BCUT2D eigenvalue weighted by atomic mass is 19.1. The van der Waals surface area contributed by atoms with Crippen molar-refractivity contribution in [3.63, 3.8) is 0 Å². The SMILES string of the molecule is CN(C)c1cccc(Oc2c(F)cc(C(=O)O)cc2F)c1. The van der Waals surface area contributed by atoms with E-state index in [0.717, 1.165) is 17.8 Å². The molecular weight excluding hydrogens is 280 g/mol. The summed E-state index contributed by atoms with van der Waals surface area (Å²) in [4.78, 5) is 12.5. The first-order chi connectivity index (χ1) is 9.88. The highest BCUT2D eigenvalue weighted by Crippen LogP contribution is 2.30. The van der Waals surface area contributed by atoms with Gasteiger partial charge in [-0.2, -0.15) is 0 Å². The van der Waals surface area contributed by atoms with Crippen molar-refractivity contribution in [3.8, 4) is 11.5 Å². The zero-order valence-corrected chi connectivity index (χ0v) is 11.4. The number of benzene rings is 2. The molecule has 21 heavy (non-hydrogen) atoms. The van der Waals surface area contributed by atoms with Crippen molar-refractivity contribution < 1.29 is 23.4 Å². The minimum atomic E-state index is -1.41. The van der Waals surface area contributed by atoms with Crippen LogP contribution in [0.3, 0.4) is 0 Å². The van der Waals surface area contributed by atoms with Gasteiger partial charge in [0.25, 0.3) is 0 Å². The van der Waals surface area contributed by atoms with E-state index in [0.29, 0.717) is 0 Å². The molecule has 4 nitrogen and oxygen atoms in total. The van der Waals surface area contributed by atoms with Crippen molar-refractivity contribution in [2.45, 2.75) is 0 Å². The van der Waals surface area contributed by atoms with E-state index < -0.39 is 28.9 Å². The Hall–Kier alpha value is -2.63. The topological polar surface area (TPSA) is 49.8 Å². The van der Waals surface area contributed by atoms with Gasteiger partial charge in [0.1, 0.15) is 5.75 Å². The van der Waals surface area contributed by atoms with E-state index in [1.165, 1.54) is 0 Å². The maximum Gasteiger partial charge on any atom is 0.335 e. The van der Waals surface area contributed by atoms with E-state index >= 15 is 0 Å². The minimum absolute atomic E-state index is 0.252. The number of carboxylic acids is 1.